The van der Waals surface area contributed by atoms with Crippen LogP contribution in [0.15, 0.2) is 48.5 Å². The first-order chi connectivity index (χ1) is 15.5. The maximum atomic E-state index is 12.1. The summed E-state index contributed by atoms with van der Waals surface area (Å²) in [5, 5.41) is 12.2. The van der Waals surface area contributed by atoms with E-state index < -0.39 is 29.9 Å². The van der Waals surface area contributed by atoms with E-state index in [0.29, 0.717) is 5.01 Å². The number of benzene rings is 2. The minimum Gasteiger partial charge on any atom is -0.480 e. The zero-order valence-corrected chi connectivity index (χ0v) is 16.8. The van der Waals surface area contributed by atoms with Crippen LogP contribution in [0.25, 0.3) is 11.1 Å². The Kier molecular flexibility index (Phi) is 5.77. The molecule has 1 unspecified atom stereocenters. The van der Waals surface area contributed by atoms with E-state index in [9.17, 15) is 19.2 Å². The van der Waals surface area contributed by atoms with Gasteiger partial charge in [0.15, 0.2) is 6.04 Å². The largest absolute Gasteiger partial charge is 0.480 e. The summed E-state index contributed by atoms with van der Waals surface area (Å²) in [6, 6.07) is 14.6. The molecule has 4 rings (SSSR count). The fourth-order valence-corrected chi connectivity index (χ4v) is 3.86. The van der Waals surface area contributed by atoms with Gasteiger partial charge >= 0.3 is 18.0 Å². The molecule has 3 amide bonds. The molecular formula is C23H19N3O6. The van der Waals surface area contributed by atoms with Gasteiger partial charge in [0.1, 0.15) is 6.61 Å². The van der Waals surface area contributed by atoms with E-state index in [1.807, 2.05) is 48.5 Å². The Hall–Kier alpha value is -4.32. The highest BCUT2D eigenvalue weighted by molar-refractivity contribution is 6.00. The Morgan fingerprint density at radius 3 is 2.34 bits per heavy atom. The van der Waals surface area contributed by atoms with E-state index in [2.05, 4.69) is 22.6 Å². The molecule has 1 aliphatic heterocycles. The summed E-state index contributed by atoms with van der Waals surface area (Å²) < 4.78 is 5.36. The highest BCUT2D eigenvalue weighted by Gasteiger charge is 2.38. The lowest BCUT2D eigenvalue weighted by Crippen LogP contribution is -2.45. The van der Waals surface area contributed by atoms with Crippen LogP contribution in [0.1, 0.15) is 23.5 Å². The second-order valence-electron chi connectivity index (χ2n) is 7.25. The highest BCUT2D eigenvalue weighted by atomic mass is 16.5. The van der Waals surface area contributed by atoms with Crippen LogP contribution >= 0.6 is 0 Å². The number of carbonyl (C=O) groups excluding carboxylic acids is 3. The number of hydrazine groups is 1. The summed E-state index contributed by atoms with van der Waals surface area (Å²) in [5.74, 6) is 1.78. The maximum Gasteiger partial charge on any atom is 0.407 e. The first-order valence-electron chi connectivity index (χ1n) is 9.89. The Labute approximate surface area is 183 Å². The van der Waals surface area contributed by atoms with Crippen molar-refractivity contribution in [2.45, 2.75) is 18.4 Å². The smallest absolute Gasteiger partial charge is 0.407 e. The Morgan fingerprint density at radius 1 is 1.09 bits per heavy atom. The van der Waals surface area contributed by atoms with E-state index in [0.717, 1.165) is 22.3 Å². The Morgan fingerprint density at radius 2 is 1.72 bits per heavy atom. The molecule has 0 aromatic heterocycles. The van der Waals surface area contributed by atoms with Gasteiger partial charge in [-0.1, -0.05) is 54.5 Å². The second kappa shape index (κ2) is 8.81. The molecular weight excluding hydrogens is 414 g/mol. The van der Waals surface area contributed by atoms with Crippen LogP contribution in [0.5, 0.6) is 0 Å². The highest BCUT2D eigenvalue weighted by Crippen LogP contribution is 2.44. The van der Waals surface area contributed by atoms with E-state index in [1.165, 1.54) is 0 Å². The molecule has 162 valence electrons. The number of amides is 3. The third kappa shape index (κ3) is 4.11. The van der Waals surface area contributed by atoms with E-state index >= 15 is 0 Å². The third-order valence-electron chi connectivity index (χ3n) is 5.30. The lowest BCUT2D eigenvalue weighted by molar-refractivity contribution is -0.148. The van der Waals surface area contributed by atoms with Crippen LogP contribution < -0.4 is 10.7 Å². The molecule has 9 nitrogen and oxygen atoms in total. The quantitative estimate of drug-likeness (QED) is 0.623. The standard InChI is InChI=1S/C23H19N3O6/c27-20-12-19(22(29)30)26(25-20)21(28)10-5-11-24-23(31)32-13-18-16-8-3-1-6-14(16)15-7-2-4-9-17(15)18/h1-4,6-9,18-19H,11-13H2,(H,24,31)(H,25,27)(H,29,30). The van der Waals surface area contributed by atoms with Crippen molar-refractivity contribution >= 4 is 23.9 Å². The fourth-order valence-electron chi connectivity index (χ4n) is 3.86. The molecule has 2 aliphatic rings. The van der Waals surface area contributed by atoms with Crippen molar-refractivity contribution in [2.75, 3.05) is 13.2 Å². The molecule has 1 atom stereocenters. The number of rotatable bonds is 4. The zero-order chi connectivity index (χ0) is 22.7. The lowest BCUT2D eigenvalue weighted by Gasteiger charge is -2.16. The van der Waals surface area contributed by atoms with Crippen molar-refractivity contribution in [3.63, 3.8) is 0 Å². The van der Waals surface area contributed by atoms with Gasteiger partial charge in [-0.25, -0.2) is 14.6 Å². The number of hydrogen-bond acceptors (Lipinski definition) is 5. The van der Waals surface area contributed by atoms with Crippen molar-refractivity contribution in [3.05, 3.63) is 59.7 Å². The van der Waals surface area contributed by atoms with Gasteiger partial charge in [0.25, 0.3) is 0 Å². The predicted molar refractivity (Wildman–Crippen MR) is 112 cm³/mol. The molecule has 1 aliphatic carbocycles. The SMILES string of the molecule is O=C1CC(C(=O)O)N(C(=O)C#CCNC(=O)OCC2c3ccccc3-c3ccccc32)N1. The first-order valence-corrected chi connectivity index (χ1v) is 9.89. The summed E-state index contributed by atoms with van der Waals surface area (Å²) >= 11 is 0. The summed E-state index contributed by atoms with van der Waals surface area (Å²) in [6.45, 7) is -0.0335. The van der Waals surface area contributed by atoms with Crippen LogP contribution in [0.3, 0.4) is 0 Å². The molecule has 0 spiro atoms. The molecule has 1 fully saturated rings. The fraction of sp³-hybridized carbons (Fsp3) is 0.217. The average Bonchev–Trinajstić information content (AvgIpc) is 3.34. The van der Waals surface area contributed by atoms with Gasteiger partial charge in [-0.05, 0) is 28.2 Å². The van der Waals surface area contributed by atoms with Gasteiger partial charge in [-0.15, -0.1) is 0 Å². The van der Waals surface area contributed by atoms with Gasteiger partial charge in [0, 0.05) is 5.92 Å². The third-order valence-corrected chi connectivity index (χ3v) is 5.30. The van der Waals surface area contributed by atoms with Crippen molar-refractivity contribution in [1.82, 2.24) is 15.8 Å². The molecule has 2 aromatic carbocycles. The number of fused-ring (bicyclic) bond motifs is 3. The number of aliphatic carboxylic acids is 1. The van der Waals surface area contributed by atoms with E-state index in [4.69, 9.17) is 9.84 Å². The maximum absolute atomic E-state index is 12.1. The summed E-state index contributed by atoms with van der Waals surface area (Å²) in [4.78, 5) is 46.5. The van der Waals surface area contributed by atoms with Crippen LogP contribution in [-0.4, -0.2) is 53.2 Å². The summed E-state index contributed by atoms with van der Waals surface area (Å²) in [7, 11) is 0. The average molecular weight is 433 g/mol. The molecule has 0 radical (unpaired) electrons. The molecule has 9 heteroatoms. The topological polar surface area (TPSA) is 125 Å². The van der Waals surface area contributed by atoms with Crippen LogP contribution in [0.4, 0.5) is 4.79 Å². The predicted octanol–water partition coefficient (Wildman–Crippen LogP) is 1.25. The number of nitrogens with one attached hydrogen (secondary N) is 2. The molecule has 0 bridgehead atoms. The van der Waals surface area contributed by atoms with Crippen molar-refractivity contribution in [2.24, 2.45) is 0 Å². The monoisotopic (exact) mass is 433 g/mol. The van der Waals surface area contributed by atoms with Crippen molar-refractivity contribution < 1.29 is 29.0 Å². The van der Waals surface area contributed by atoms with Gasteiger partial charge in [-0.2, -0.15) is 0 Å². The molecule has 1 saturated heterocycles. The van der Waals surface area contributed by atoms with Crippen LogP contribution in [-0.2, 0) is 19.1 Å². The van der Waals surface area contributed by atoms with Gasteiger partial charge in [0.05, 0.1) is 13.0 Å². The number of alkyl carbamates (subject to hydrolysis) is 1. The second-order valence-corrected chi connectivity index (χ2v) is 7.25. The number of hydrogen-bond donors (Lipinski definition) is 3. The van der Waals surface area contributed by atoms with Gasteiger partial charge in [-0.3, -0.25) is 15.0 Å². The minimum absolute atomic E-state index is 0.0763. The number of carboxylic acid groups (broad SMARTS) is 1. The normalized spacial score (nSPS) is 16.3. The molecule has 3 N–H and O–H groups in total. The Balaban J connectivity index is 1.30. The zero-order valence-electron chi connectivity index (χ0n) is 16.8. The summed E-state index contributed by atoms with van der Waals surface area (Å²) in [5.41, 5.74) is 6.57. The van der Waals surface area contributed by atoms with E-state index in [1.54, 1.807) is 0 Å². The van der Waals surface area contributed by atoms with E-state index in [-0.39, 0.29) is 25.5 Å². The number of ether oxygens (including phenoxy) is 1. The first kappa shape index (κ1) is 20.9. The molecule has 1 heterocycles. The van der Waals surface area contributed by atoms with Crippen LogP contribution in [0, 0.1) is 11.8 Å². The van der Waals surface area contributed by atoms with Gasteiger partial charge in [0.2, 0.25) is 5.91 Å². The minimum atomic E-state index is -1.31. The van der Waals surface area contributed by atoms with Gasteiger partial charge < -0.3 is 15.2 Å². The number of carboxylic acids is 1. The Bertz CT molecular complexity index is 1120. The van der Waals surface area contributed by atoms with Crippen molar-refractivity contribution in [1.29, 1.82) is 0 Å². The van der Waals surface area contributed by atoms with Crippen LogP contribution in [0.2, 0.25) is 0 Å². The number of nitrogens with zero attached hydrogens (tertiary/aromatic N) is 1. The molecule has 0 saturated carbocycles. The molecule has 32 heavy (non-hydrogen) atoms. The lowest BCUT2D eigenvalue weighted by atomic mass is 9.98. The summed E-state index contributed by atoms with van der Waals surface area (Å²) in [6.07, 6.45) is -1.02. The van der Waals surface area contributed by atoms with Crippen molar-refractivity contribution in [3.8, 4) is 23.0 Å². The molecule has 2 aromatic rings. The number of carbonyl (C=O) groups is 4.